The molecule has 0 aliphatic carbocycles. The van der Waals surface area contributed by atoms with Gasteiger partial charge in [0, 0.05) is 12.7 Å². The van der Waals surface area contributed by atoms with Gasteiger partial charge in [0.1, 0.15) is 6.07 Å². The van der Waals surface area contributed by atoms with E-state index in [-0.39, 0.29) is 5.75 Å². The zero-order chi connectivity index (χ0) is 15.5. The third-order valence-corrected chi connectivity index (χ3v) is 4.88. The first-order valence-corrected chi connectivity index (χ1v) is 7.86. The first-order valence-electron chi connectivity index (χ1n) is 6.25. The van der Waals surface area contributed by atoms with E-state index in [0.717, 1.165) is 4.31 Å². The van der Waals surface area contributed by atoms with Gasteiger partial charge in [0.15, 0.2) is 0 Å². The molecular weight excluding hydrogens is 286 g/mol. The van der Waals surface area contributed by atoms with E-state index in [0.29, 0.717) is 22.5 Å². The summed E-state index contributed by atoms with van der Waals surface area (Å²) in [5.41, 5.74) is 7.43. The number of para-hydroxylation sites is 2. The van der Waals surface area contributed by atoms with E-state index in [2.05, 4.69) is 0 Å². The summed E-state index contributed by atoms with van der Waals surface area (Å²) in [4.78, 5) is 0. The SMILES string of the molecule is CN(c1ccccc1C#N)S(=O)(=O)Cc1ccccc1N. The summed E-state index contributed by atoms with van der Waals surface area (Å²) in [6, 6.07) is 15.4. The lowest BCUT2D eigenvalue weighted by molar-refractivity contribution is 0.593. The fraction of sp³-hybridized carbons (Fsp3) is 0.133. The van der Waals surface area contributed by atoms with E-state index >= 15 is 0 Å². The van der Waals surface area contributed by atoms with E-state index in [4.69, 9.17) is 11.0 Å². The van der Waals surface area contributed by atoms with Crippen LogP contribution in [0.5, 0.6) is 0 Å². The van der Waals surface area contributed by atoms with E-state index in [9.17, 15) is 8.42 Å². The van der Waals surface area contributed by atoms with Crippen LogP contribution in [-0.2, 0) is 15.8 Å². The molecule has 5 nitrogen and oxygen atoms in total. The predicted molar refractivity (Wildman–Crippen MR) is 83.0 cm³/mol. The minimum Gasteiger partial charge on any atom is -0.398 e. The fourth-order valence-electron chi connectivity index (χ4n) is 1.95. The van der Waals surface area contributed by atoms with Crippen molar-refractivity contribution in [2.45, 2.75) is 5.75 Å². The van der Waals surface area contributed by atoms with Gasteiger partial charge in [0.25, 0.3) is 0 Å². The third-order valence-electron chi connectivity index (χ3n) is 3.17. The summed E-state index contributed by atoms with van der Waals surface area (Å²) in [6.45, 7) is 0. The monoisotopic (exact) mass is 301 g/mol. The number of anilines is 2. The minimum absolute atomic E-state index is 0.212. The number of rotatable bonds is 4. The van der Waals surface area contributed by atoms with Gasteiger partial charge in [-0.2, -0.15) is 5.26 Å². The maximum Gasteiger partial charge on any atom is 0.239 e. The van der Waals surface area contributed by atoms with Gasteiger partial charge >= 0.3 is 0 Å². The van der Waals surface area contributed by atoms with Crippen molar-refractivity contribution in [2.75, 3.05) is 17.1 Å². The number of sulfonamides is 1. The standard InChI is InChI=1S/C15H15N3O2S/c1-18(15-9-5-3-6-12(15)10-16)21(19,20)11-13-7-2-4-8-14(13)17/h2-9H,11,17H2,1H3. The summed E-state index contributed by atoms with van der Waals surface area (Å²) < 4.78 is 26.1. The largest absolute Gasteiger partial charge is 0.398 e. The van der Waals surface area contributed by atoms with Crippen LogP contribution in [0, 0.1) is 11.3 Å². The summed E-state index contributed by atoms with van der Waals surface area (Å²) >= 11 is 0. The molecule has 0 saturated carbocycles. The van der Waals surface area contributed by atoms with Crippen molar-refractivity contribution in [3.8, 4) is 6.07 Å². The zero-order valence-corrected chi connectivity index (χ0v) is 12.3. The number of nitrogens with two attached hydrogens (primary N) is 1. The van der Waals surface area contributed by atoms with E-state index in [1.165, 1.54) is 7.05 Å². The molecular formula is C15H15N3O2S. The molecule has 0 spiro atoms. The second-order valence-corrected chi connectivity index (χ2v) is 6.55. The molecule has 0 unspecified atom stereocenters. The van der Waals surface area contributed by atoms with Crippen LogP contribution in [0.3, 0.4) is 0 Å². The van der Waals surface area contributed by atoms with Crippen molar-refractivity contribution < 1.29 is 8.42 Å². The van der Waals surface area contributed by atoms with Crippen LogP contribution >= 0.6 is 0 Å². The lowest BCUT2D eigenvalue weighted by Crippen LogP contribution is -2.28. The molecule has 0 atom stereocenters. The summed E-state index contributed by atoms with van der Waals surface area (Å²) in [5, 5.41) is 9.08. The molecule has 0 amide bonds. The van der Waals surface area contributed by atoms with Gasteiger partial charge in [-0.25, -0.2) is 8.42 Å². The smallest absolute Gasteiger partial charge is 0.239 e. The van der Waals surface area contributed by atoms with Crippen molar-refractivity contribution in [2.24, 2.45) is 0 Å². The van der Waals surface area contributed by atoms with Gasteiger partial charge in [-0.15, -0.1) is 0 Å². The Labute approximate surface area is 124 Å². The van der Waals surface area contributed by atoms with Crippen molar-refractivity contribution in [3.63, 3.8) is 0 Å². The first-order chi connectivity index (χ1) is 9.95. The molecule has 0 heterocycles. The molecule has 0 bridgehead atoms. The van der Waals surface area contributed by atoms with Gasteiger partial charge in [0.2, 0.25) is 10.0 Å². The van der Waals surface area contributed by atoms with Crippen LogP contribution in [0.4, 0.5) is 11.4 Å². The van der Waals surface area contributed by atoms with Crippen molar-refractivity contribution >= 4 is 21.4 Å². The molecule has 0 saturated heterocycles. The van der Waals surface area contributed by atoms with E-state index in [1.807, 2.05) is 6.07 Å². The Bertz CT molecular complexity index is 795. The Kier molecular flexibility index (Phi) is 4.15. The molecule has 2 aromatic rings. The number of nitrogen functional groups attached to an aromatic ring is 1. The van der Waals surface area contributed by atoms with Crippen molar-refractivity contribution in [1.82, 2.24) is 0 Å². The molecule has 108 valence electrons. The molecule has 2 rings (SSSR count). The topological polar surface area (TPSA) is 87.2 Å². The summed E-state index contributed by atoms with van der Waals surface area (Å²) in [5.74, 6) is -0.212. The Morgan fingerprint density at radius 3 is 2.43 bits per heavy atom. The molecule has 0 aromatic heterocycles. The number of hydrogen-bond donors (Lipinski definition) is 1. The van der Waals surface area contributed by atoms with E-state index < -0.39 is 10.0 Å². The van der Waals surface area contributed by atoms with Gasteiger partial charge in [-0.05, 0) is 23.8 Å². The second kappa shape index (κ2) is 5.85. The molecule has 0 radical (unpaired) electrons. The quantitative estimate of drug-likeness (QED) is 0.876. The highest BCUT2D eigenvalue weighted by Gasteiger charge is 2.22. The highest BCUT2D eigenvalue weighted by molar-refractivity contribution is 7.92. The lowest BCUT2D eigenvalue weighted by atomic mass is 10.2. The number of nitrogens with zero attached hydrogens (tertiary/aromatic N) is 2. The zero-order valence-electron chi connectivity index (χ0n) is 11.5. The molecule has 0 aliphatic heterocycles. The van der Waals surface area contributed by atoms with Crippen molar-refractivity contribution in [1.29, 1.82) is 5.26 Å². The normalized spacial score (nSPS) is 10.9. The molecule has 0 aliphatic rings. The maximum absolute atomic E-state index is 12.5. The maximum atomic E-state index is 12.5. The Hall–Kier alpha value is -2.52. The molecule has 2 N–H and O–H groups in total. The molecule has 0 fully saturated rings. The molecule has 6 heteroatoms. The van der Waals surface area contributed by atoms with Gasteiger partial charge in [0.05, 0.1) is 17.0 Å². The Morgan fingerprint density at radius 1 is 1.14 bits per heavy atom. The average molecular weight is 301 g/mol. The van der Waals surface area contributed by atoms with Crippen LogP contribution in [0.1, 0.15) is 11.1 Å². The third kappa shape index (κ3) is 3.15. The summed E-state index contributed by atoms with van der Waals surface area (Å²) in [6.07, 6.45) is 0. The molecule has 21 heavy (non-hydrogen) atoms. The number of benzene rings is 2. The van der Waals surface area contributed by atoms with Crippen LogP contribution in [-0.4, -0.2) is 15.5 Å². The predicted octanol–water partition coefficient (Wildman–Crippen LogP) is 2.11. The van der Waals surface area contributed by atoms with Crippen LogP contribution in [0.2, 0.25) is 0 Å². The highest BCUT2D eigenvalue weighted by Crippen LogP contribution is 2.24. The van der Waals surface area contributed by atoms with Crippen LogP contribution in [0.15, 0.2) is 48.5 Å². The Balaban J connectivity index is 2.36. The minimum atomic E-state index is -3.62. The Morgan fingerprint density at radius 2 is 1.76 bits per heavy atom. The second-order valence-electron chi connectivity index (χ2n) is 4.55. The number of hydrogen-bond acceptors (Lipinski definition) is 4. The van der Waals surface area contributed by atoms with Crippen molar-refractivity contribution in [3.05, 3.63) is 59.7 Å². The average Bonchev–Trinajstić information content (AvgIpc) is 2.48. The lowest BCUT2D eigenvalue weighted by Gasteiger charge is -2.20. The fourth-order valence-corrected chi connectivity index (χ4v) is 3.26. The van der Waals surface area contributed by atoms with E-state index in [1.54, 1.807) is 48.5 Å². The van der Waals surface area contributed by atoms with Gasteiger partial charge < -0.3 is 5.73 Å². The van der Waals surface area contributed by atoms with Crippen LogP contribution in [0.25, 0.3) is 0 Å². The summed E-state index contributed by atoms with van der Waals surface area (Å²) in [7, 11) is -2.18. The molecule has 2 aromatic carbocycles. The number of nitriles is 1. The highest BCUT2D eigenvalue weighted by atomic mass is 32.2. The van der Waals surface area contributed by atoms with Crippen LogP contribution < -0.4 is 10.0 Å². The van der Waals surface area contributed by atoms with Gasteiger partial charge in [-0.3, -0.25) is 4.31 Å². The first kappa shape index (κ1) is 14.9. The van der Waals surface area contributed by atoms with Gasteiger partial charge in [-0.1, -0.05) is 30.3 Å².